The van der Waals surface area contributed by atoms with Gasteiger partial charge in [0.15, 0.2) is 0 Å². The lowest BCUT2D eigenvalue weighted by Crippen LogP contribution is -2.01. The Hall–Kier alpha value is -2.28. The largest absolute Gasteiger partial charge is 0.253 e. The molecule has 0 aliphatic carbocycles. The monoisotopic (exact) mass is 385 g/mol. The quantitative estimate of drug-likeness (QED) is 0.317. The van der Waals surface area contributed by atoms with E-state index in [-0.39, 0.29) is 0 Å². The van der Waals surface area contributed by atoms with Gasteiger partial charge < -0.3 is 0 Å². The highest BCUT2D eigenvalue weighted by Crippen LogP contribution is 2.38. The lowest BCUT2D eigenvalue weighted by molar-refractivity contribution is 1.01. The van der Waals surface area contributed by atoms with Gasteiger partial charge in [-0.05, 0) is 54.4 Å². The van der Waals surface area contributed by atoms with Crippen LogP contribution >= 0.6 is 20.6 Å². The number of aromatic nitrogens is 1. The van der Waals surface area contributed by atoms with E-state index < -0.39 is 0 Å². The minimum Gasteiger partial charge on any atom is -0.253 e. The van der Waals surface area contributed by atoms with Gasteiger partial charge >= 0.3 is 0 Å². The van der Waals surface area contributed by atoms with Crippen LogP contribution in [0.25, 0.3) is 31.1 Å². The van der Waals surface area contributed by atoms with Crippen molar-refractivity contribution in [3.05, 3.63) is 89.6 Å². The van der Waals surface area contributed by atoms with Gasteiger partial charge in [0.25, 0.3) is 0 Å². The number of rotatable bonds is 4. The fraction of sp³-hybridized carbons (Fsp3) is 0.125. The van der Waals surface area contributed by atoms with Gasteiger partial charge in [-0.15, -0.1) is 20.6 Å². The zero-order chi connectivity index (χ0) is 18.2. The molecule has 0 radical (unpaired) electrons. The average molecular weight is 385 g/mol. The van der Waals surface area contributed by atoms with Crippen molar-refractivity contribution in [2.24, 2.45) is 0 Å². The van der Waals surface area contributed by atoms with Crippen molar-refractivity contribution >= 4 is 51.7 Å². The Kier molecular flexibility index (Phi) is 4.39. The van der Waals surface area contributed by atoms with Crippen LogP contribution in [0.3, 0.4) is 0 Å². The van der Waals surface area contributed by atoms with Gasteiger partial charge in [-0.25, -0.2) is 0 Å². The second-order valence-corrected chi connectivity index (χ2v) is 8.56. The van der Waals surface area contributed by atoms with Crippen molar-refractivity contribution in [3.63, 3.8) is 0 Å². The maximum atomic E-state index is 5.09. The third-order valence-electron chi connectivity index (χ3n) is 5.12. The van der Waals surface area contributed by atoms with Crippen LogP contribution in [0, 0.1) is 0 Å². The molecule has 0 saturated carbocycles. The number of aryl methyl sites for hydroxylation is 1. The van der Waals surface area contributed by atoms with Crippen LogP contribution in [0.5, 0.6) is 0 Å². The first-order chi connectivity index (χ1) is 13.3. The number of fused-ring (bicyclic) bond motifs is 5. The third kappa shape index (κ3) is 3.04. The molecule has 5 aromatic rings. The molecule has 2 aromatic heterocycles. The molecule has 3 aromatic carbocycles. The first-order valence-electron chi connectivity index (χ1n) is 9.30. The maximum Gasteiger partial charge on any atom is 0.0712 e. The van der Waals surface area contributed by atoms with E-state index >= 15 is 0 Å². The van der Waals surface area contributed by atoms with Gasteiger partial charge in [0.2, 0.25) is 0 Å². The third-order valence-corrected chi connectivity index (χ3v) is 6.55. The molecule has 3 heteroatoms. The molecule has 5 rings (SSSR count). The SMILES string of the molecule is PCCc1nc2ccc3sc4ccccc4c3c2cc1Cc1ccccc1. The molecule has 27 heavy (non-hydrogen) atoms. The van der Waals surface area contributed by atoms with Gasteiger partial charge in [-0.1, -0.05) is 48.5 Å². The Morgan fingerprint density at radius 2 is 1.63 bits per heavy atom. The molecule has 0 fully saturated rings. The highest BCUT2D eigenvalue weighted by molar-refractivity contribution is 7.26. The summed E-state index contributed by atoms with van der Waals surface area (Å²) in [7, 11) is 2.84. The maximum absolute atomic E-state index is 5.09. The standard InChI is InChI=1S/C24H20NPS/c26-13-12-20-17(14-16-6-2-1-3-7-16)15-19-21(25-20)10-11-23-24(19)18-8-4-5-9-22(18)27-23/h1-11,15H,12-14,26H2. The van der Waals surface area contributed by atoms with Gasteiger partial charge in [-0.3, -0.25) is 4.98 Å². The number of thiophene rings is 1. The summed E-state index contributed by atoms with van der Waals surface area (Å²) >= 11 is 1.87. The molecular weight excluding hydrogens is 365 g/mol. The number of nitrogens with zero attached hydrogens (tertiary/aromatic N) is 1. The summed E-state index contributed by atoms with van der Waals surface area (Å²) in [4.78, 5) is 5.09. The lowest BCUT2D eigenvalue weighted by atomic mass is 9.98. The first-order valence-corrected chi connectivity index (χ1v) is 10.9. The minimum atomic E-state index is 0.933. The molecule has 0 aliphatic rings. The summed E-state index contributed by atoms with van der Waals surface area (Å²) in [5, 5.41) is 3.98. The Balaban J connectivity index is 1.79. The summed E-state index contributed by atoms with van der Waals surface area (Å²) in [6.07, 6.45) is 2.96. The van der Waals surface area contributed by atoms with E-state index in [2.05, 4.69) is 82.0 Å². The molecule has 132 valence electrons. The number of hydrogen-bond donors (Lipinski definition) is 0. The van der Waals surface area contributed by atoms with Crippen LogP contribution in [0.1, 0.15) is 16.8 Å². The highest BCUT2D eigenvalue weighted by atomic mass is 32.1. The van der Waals surface area contributed by atoms with Crippen LogP contribution in [0.2, 0.25) is 0 Å². The summed E-state index contributed by atoms with van der Waals surface area (Å²) in [6.45, 7) is 0. The van der Waals surface area contributed by atoms with Crippen molar-refractivity contribution in [2.45, 2.75) is 12.8 Å². The summed E-state index contributed by atoms with van der Waals surface area (Å²) < 4.78 is 2.69. The van der Waals surface area contributed by atoms with Gasteiger partial charge in [-0.2, -0.15) is 0 Å². The number of hydrogen-bond acceptors (Lipinski definition) is 2. The van der Waals surface area contributed by atoms with Crippen molar-refractivity contribution < 1.29 is 0 Å². The Morgan fingerprint density at radius 1 is 0.815 bits per heavy atom. The summed E-state index contributed by atoms with van der Waals surface area (Å²) in [5.74, 6) is 0. The van der Waals surface area contributed by atoms with E-state index in [1.165, 1.54) is 42.4 Å². The summed E-state index contributed by atoms with van der Waals surface area (Å²) in [5.41, 5.74) is 5.02. The molecule has 2 heterocycles. The van der Waals surface area contributed by atoms with Crippen LogP contribution in [-0.4, -0.2) is 11.1 Å². The molecule has 0 N–H and O–H groups in total. The molecule has 0 spiro atoms. The normalized spacial score (nSPS) is 11.6. The van der Waals surface area contributed by atoms with Crippen molar-refractivity contribution in [3.8, 4) is 0 Å². The van der Waals surface area contributed by atoms with E-state index in [0.717, 1.165) is 24.5 Å². The molecule has 1 atom stereocenters. The molecule has 1 unspecified atom stereocenters. The molecule has 0 aliphatic heterocycles. The van der Waals surface area contributed by atoms with Crippen LogP contribution in [0.15, 0.2) is 72.8 Å². The van der Waals surface area contributed by atoms with Crippen molar-refractivity contribution in [1.29, 1.82) is 0 Å². The predicted molar refractivity (Wildman–Crippen MR) is 122 cm³/mol. The molecule has 0 bridgehead atoms. The Bertz CT molecular complexity index is 1260. The average Bonchev–Trinajstić information content (AvgIpc) is 3.08. The minimum absolute atomic E-state index is 0.933. The fourth-order valence-corrected chi connectivity index (χ4v) is 5.27. The van der Waals surface area contributed by atoms with Crippen molar-refractivity contribution in [2.75, 3.05) is 6.16 Å². The van der Waals surface area contributed by atoms with Gasteiger partial charge in [0, 0.05) is 31.3 Å². The molecule has 1 nitrogen and oxygen atoms in total. The van der Waals surface area contributed by atoms with Crippen LogP contribution < -0.4 is 0 Å². The highest BCUT2D eigenvalue weighted by Gasteiger charge is 2.13. The molecule has 0 amide bonds. The first kappa shape index (κ1) is 16.9. The van der Waals surface area contributed by atoms with E-state index in [4.69, 9.17) is 4.98 Å². The van der Waals surface area contributed by atoms with Gasteiger partial charge in [0.1, 0.15) is 0 Å². The van der Waals surface area contributed by atoms with Crippen molar-refractivity contribution in [1.82, 2.24) is 4.98 Å². The molecule has 0 saturated heterocycles. The number of benzene rings is 3. The lowest BCUT2D eigenvalue weighted by Gasteiger charge is -2.11. The van der Waals surface area contributed by atoms with Crippen LogP contribution in [0.4, 0.5) is 0 Å². The Labute approximate surface area is 165 Å². The smallest absolute Gasteiger partial charge is 0.0712 e. The second-order valence-electron chi connectivity index (χ2n) is 6.90. The topological polar surface area (TPSA) is 12.9 Å². The van der Waals surface area contributed by atoms with Crippen LogP contribution in [-0.2, 0) is 12.8 Å². The molecular formula is C24H20NPS. The van der Waals surface area contributed by atoms with E-state index in [0.29, 0.717) is 0 Å². The fourth-order valence-electron chi connectivity index (χ4n) is 3.87. The second kappa shape index (κ2) is 7.03. The van der Waals surface area contributed by atoms with E-state index in [9.17, 15) is 0 Å². The van der Waals surface area contributed by atoms with E-state index in [1.54, 1.807) is 0 Å². The number of pyridine rings is 1. The van der Waals surface area contributed by atoms with Gasteiger partial charge in [0.05, 0.1) is 5.52 Å². The zero-order valence-corrected chi connectivity index (χ0v) is 17.0. The van der Waals surface area contributed by atoms with E-state index in [1.807, 2.05) is 11.3 Å². The zero-order valence-electron chi connectivity index (χ0n) is 15.0. The predicted octanol–water partition coefficient (Wildman–Crippen LogP) is 6.61. The Morgan fingerprint density at radius 3 is 2.48 bits per heavy atom. The summed E-state index contributed by atoms with van der Waals surface area (Å²) in [6, 6.07) is 26.2.